The second-order valence-corrected chi connectivity index (χ2v) is 6.99. The molecule has 2 aliphatic rings. The molecule has 1 aliphatic carbocycles. The Morgan fingerprint density at radius 1 is 1.28 bits per heavy atom. The van der Waals surface area contributed by atoms with Crippen molar-refractivity contribution in [1.82, 2.24) is 5.32 Å². The minimum absolute atomic E-state index is 0.255. The first-order chi connectivity index (χ1) is 12.1. The summed E-state index contributed by atoms with van der Waals surface area (Å²) in [5, 5.41) is 3.36. The lowest BCUT2D eigenvalue weighted by atomic mass is 9.90. The highest BCUT2D eigenvalue weighted by atomic mass is 16.5. The number of nitrogens with one attached hydrogen (secondary N) is 1. The molecule has 0 bridgehead atoms. The molecule has 1 fully saturated rings. The zero-order valence-corrected chi connectivity index (χ0v) is 15.1. The molecular weight excluding hydrogens is 310 g/mol. The van der Waals surface area contributed by atoms with Crippen LogP contribution in [0.1, 0.15) is 44.1 Å². The van der Waals surface area contributed by atoms with E-state index < -0.39 is 0 Å². The fraction of sp³-hybridized carbons (Fsp3) is 0.476. The van der Waals surface area contributed by atoms with Crippen LogP contribution in [0, 0.1) is 0 Å². The number of benzene rings is 1. The van der Waals surface area contributed by atoms with Gasteiger partial charge >= 0.3 is 0 Å². The van der Waals surface area contributed by atoms with Gasteiger partial charge in [-0.3, -0.25) is 4.99 Å². The van der Waals surface area contributed by atoms with Crippen LogP contribution in [-0.4, -0.2) is 31.5 Å². The second kappa shape index (κ2) is 8.34. The van der Waals surface area contributed by atoms with Gasteiger partial charge in [-0.05, 0) is 37.3 Å². The van der Waals surface area contributed by atoms with Crippen molar-refractivity contribution in [3.63, 3.8) is 0 Å². The summed E-state index contributed by atoms with van der Waals surface area (Å²) < 4.78 is 5.76. The first kappa shape index (κ1) is 17.7. The van der Waals surface area contributed by atoms with E-state index in [2.05, 4.69) is 43.1 Å². The standard InChI is InChI=1S/C21H29N3O/c1-15(24-18-8-9-18)14-25-13-11-20-16(2)21(22)19(10-12-23-20)17-6-4-3-5-7-17/h3-7,18-19,24H,1,8-14,22H2,2H3. The molecule has 0 amide bonds. The quantitative estimate of drug-likeness (QED) is 0.713. The van der Waals surface area contributed by atoms with Gasteiger partial charge in [0.1, 0.15) is 0 Å². The molecule has 0 radical (unpaired) electrons. The van der Waals surface area contributed by atoms with Gasteiger partial charge in [0.2, 0.25) is 0 Å². The van der Waals surface area contributed by atoms with Crippen molar-refractivity contribution >= 4 is 5.71 Å². The predicted molar refractivity (Wildman–Crippen MR) is 104 cm³/mol. The summed E-state index contributed by atoms with van der Waals surface area (Å²) in [6, 6.07) is 11.1. The van der Waals surface area contributed by atoms with E-state index in [1.165, 1.54) is 18.4 Å². The molecule has 1 aliphatic heterocycles. The topological polar surface area (TPSA) is 59.6 Å². The van der Waals surface area contributed by atoms with E-state index in [1.54, 1.807) is 0 Å². The van der Waals surface area contributed by atoms with Crippen LogP contribution in [0.15, 0.2) is 58.9 Å². The Balaban J connectivity index is 1.53. The van der Waals surface area contributed by atoms with Gasteiger partial charge in [-0.15, -0.1) is 0 Å². The van der Waals surface area contributed by atoms with Crippen molar-refractivity contribution in [2.45, 2.75) is 44.6 Å². The van der Waals surface area contributed by atoms with Gasteiger partial charge in [0.05, 0.1) is 13.2 Å². The maximum absolute atomic E-state index is 6.49. The van der Waals surface area contributed by atoms with Gasteiger partial charge in [0, 0.05) is 42.0 Å². The van der Waals surface area contributed by atoms with E-state index in [0.717, 1.165) is 42.1 Å². The molecule has 4 heteroatoms. The molecule has 1 unspecified atom stereocenters. The Kier molecular flexibility index (Phi) is 5.92. The van der Waals surface area contributed by atoms with Crippen LogP contribution in [0.5, 0.6) is 0 Å². The van der Waals surface area contributed by atoms with Crippen LogP contribution in [0.25, 0.3) is 0 Å². The van der Waals surface area contributed by atoms with Gasteiger partial charge in [-0.1, -0.05) is 36.9 Å². The van der Waals surface area contributed by atoms with Crippen molar-refractivity contribution < 1.29 is 4.74 Å². The Bertz CT molecular complexity index is 659. The molecule has 1 aromatic carbocycles. The number of rotatable bonds is 8. The van der Waals surface area contributed by atoms with Crippen molar-refractivity contribution in [3.8, 4) is 0 Å². The van der Waals surface area contributed by atoms with Crippen LogP contribution in [0.3, 0.4) is 0 Å². The average molecular weight is 339 g/mol. The summed E-state index contributed by atoms with van der Waals surface area (Å²) in [6.07, 6.45) is 4.26. The molecule has 1 saturated carbocycles. The first-order valence-electron chi connectivity index (χ1n) is 9.22. The van der Waals surface area contributed by atoms with Gasteiger partial charge in [0.25, 0.3) is 0 Å². The van der Waals surface area contributed by atoms with Crippen LogP contribution in [0.4, 0.5) is 0 Å². The van der Waals surface area contributed by atoms with E-state index in [-0.39, 0.29) is 5.92 Å². The number of hydrogen-bond acceptors (Lipinski definition) is 4. The summed E-state index contributed by atoms with van der Waals surface area (Å²) in [5.74, 6) is 0.255. The third kappa shape index (κ3) is 4.95. The van der Waals surface area contributed by atoms with Gasteiger partial charge in [0.15, 0.2) is 0 Å². The van der Waals surface area contributed by atoms with E-state index in [0.29, 0.717) is 19.3 Å². The van der Waals surface area contributed by atoms with E-state index >= 15 is 0 Å². The number of ether oxygens (including phenoxy) is 1. The minimum Gasteiger partial charge on any atom is -0.401 e. The highest BCUT2D eigenvalue weighted by Gasteiger charge is 2.22. The molecule has 0 spiro atoms. The molecule has 0 saturated heterocycles. The summed E-state index contributed by atoms with van der Waals surface area (Å²) in [5.41, 5.74) is 11.9. The zero-order chi connectivity index (χ0) is 17.6. The van der Waals surface area contributed by atoms with Gasteiger partial charge in [-0.25, -0.2) is 0 Å². The third-order valence-corrected chi connectivity index (χ3v) is 4.91. The summed E-state index contributed by atoms with van der Waals surface area (Å²) >= 11 is 0. The van der Waals surface area contributed by atoms with Gasteiger partial charge < -0.3 is 15.8 Å². The number of allylic oxidation sites excluding steroid dienone is 2. The normalized spacial score (nSPS) is 20.8. The third-order valence-electron chi connectivity index (χ3n) is 4.91. The molecule has 3 N–H and O–H groups in total. The van der Waals surface area contributed by atoms with Crippen LogP contribution in [-0.2, 0) is 4.74 Å². The molecule has 4 nitrogen and oxygen atoms in total. The molecular formula is C21H29N3O. The molecule has 1 heterocycles. The summed E-state index contributed by atoms with van der Waals surface area (Å²) in [4.78, 5) is 4.77. The van der Waals surface area contributed by atoms with Crippen LogP contribution >= 0.6 is 0 Å². The maximum atomic E-state index is 6.49. The maximum Gasteiger partial charge on any atom is 0.0856 e. The average Bonchev–Trinajstić information content (AvgIpc) is 3.44. The van der Waals surface area contributed by atoms with E-state index in [1.807, 2.05) is 6.07 Å². The summed E-state index contributed by atoms with van der Waals surface area (Å²) in [6.45, 7) is 8.11. The highest BCUT2D eigenvalue weighted by molar-refractivity contribution is 6.00. The molecule has 3 rings (SSSR count). The Hall–Kier alpha value is -2.07. The largest absolute Gasteiger partial charge is 0.401 e. The Labute approximate surface area is 150 Å². The summed E-state index contributed by atoms with van der Waals surface area (Å²) in [7, 11) is 0. The number of hydrogen-bond donors (Lipinski definition) is 2. The Morgan fingerprint density at radius 3 is 2.76 bits per heavy atom. The molecule has 25 heavy (non-hydrogen) atoms. The lowest BCUT2D eigenvalue weighted by Gasteiger charge is -2.18. The minimum atomic E-state index is 0.255. The molecule has 1 atom stereocenters. The predicted octanol–water partition coefficient (Wildman–Crippen LogP) is 3.52. The van der Waals surface area contributed by atoms with Crippen molar-refractivity contribution in [2.75, 3.05) is 19.8 Å². The fourth-order valence-corrected chi connectivity index (χ4v) is 3.25. The first-order valence-corrected chi connectivity index (χ1v) is 9.22. The van der Waals surface area contributed by atoms with E-state index in [4.69, 9.17) is 15.5 Å². The fourth-order valence-electron chi connectivity index (χ4n) is 3.25. The molecule has 134 valence electrons. The van der Waals surface area contributed by atoms with Crippen molar-refractivity contribution in [3.05, 3.63) is 59.4 Å². The highest BCUT2D eigenvalue weighted by Crippen LogP contribution is 2.29. The molecule has 1 aromatic rings. The number of aliphatic imine (C=N–C) groups is 1. The number of nitrogens with zero attached hydrogens (tertiary/aromatic N) is 1. The lowest BCUT2D eigenvalue weighted by Crippen LogP contribution is -2.19. The van der Waals surface area contributed by atoms with Crippen molar-refractivity contribution in [2.24, 2.45) is 10.7 Å². The molecule has 0 aromatic heterocycles. The Morgan fingerprint density at radius 2 is 2.04 bits per heavy atom. The monoisotopic (exact) mass is 339 g/mol. The zero-order valence-electron chi connectivity index (χ0n) is 15.1. The number of nitrogens with two attached hydrogens (primary N) is 1. The van der Waals surface area contributed by atoms with Crippen LogP contribution < -0.4 is 11.1 Å². The lowest BCUT2D eigenvalue weighted by molar-refractivity contribution is 0.159. The van der Waals surface area contributed by atoms with Gasteiger partial charge in [-0.2, -0.15) is 0 Å². The van der Waals surface area contributed by atoms with Crippen molar-refractivity contribution in [1.29, 1.82) is 0 Å². The van der Waals surface area contributed by atoms with E-state index in [9.17, 15) is 0 Å². The van der Waals surface area contributed by atoms with Crippen LogP contribution in [0.2, 0.25) is 0 Å². The smallest absolute Gasteiger partial charge is 0.0856 e. The second-order valence-electron chi connectivity index (χ2n) is 6.99. The SMILES string of the molecule is C=C(COCCC1=NCCC(c2ccccc2)C(N)=C1C)NC1CC1.